The second-order valence-electron chi connectivity index (χ2n) is 10.4. The van der Waals surface area contributed by atoms with Crippen LogP contribution in [0.4, 0.5) is 22.0 Å². The summed E-state index contributed by atoms with van der Waals surface area (Å²) in [7, 11) is 1.25. The first kappa shape index (κ1) is 28.3. The van der Waals surface area contributed by atoms with Crippen LogP contribution in [0.2, 0.25) is 0 Å². The van der Waals surface area contributed by atoms with E-state index in [0.717, 1.165) is 31.3 Å². The van der Waals surface area contributed by atoms with E-state index in [2.05, 4.69) is 24.1 Å². The zero-order chi connectivity index (χ0) is 27.6. The van der Waals surface area contributed by atoms with Crippen LogP contribution < -0.4 is 10.1 Å². The Hall–Kier alpha value is -2.72. The van der Waals surface area contributed by atoms with Crippen molar-refractivity contribution in [3.05, 3.63) is 53.3 Å². The van der Waals surface area contributed by atoms with Gasteiger partial charge in [0, 0.05) is 57.7 Å². The lowest BCUT2D eigenvalue weighted by Crippen LogP contribution is -2.64. The SMILES string of the molecule is COc1c(CC(=O)N[C@@H]2[C@@H](N3CCN(C(C)C)CC3)CCCC2(F)F)ccc(F)c1-c1cc(F)cc(F)c1.[HH]. The van der Waals surface area contributed by atoms with Crippen LogP contribution in [0.3, 0.4) is 0 Å². The van der Waals surface area contributed by atoms with Gasteiger partial charge in [-0.3, -0.25) is 14.6 Å². The Labute approximate surface area is 221 Å². The largest absolute Gasteiger partial charge is 0.496 e. The van der Waals surface area contributed by atoms with Crippen LogP contribution in [-0.4, -0.2) is 73.0 Å². The maximum atomic E-state index is 15.1. The van der Waals surface area contributed by atoms with E-state index in [1.54, 1.807) is 0 Å². The number of piperazine rings is 1. The maximum absolute atomic E-state index is 15.1. The first-order chi connectivity index (χ1) is 18.0. The normalized spacial score (nSPS) is 22.4. The molecule has 0 radical (unpaired) electrons. The van der Waals surface area contributed by atoms with Crippen LogP contribution in [0.1, 0.15) is 40.1 Å². The van der Waals surface area contributed by atoms with Crippen LogP contribution in [-0.2, 0) is 11.2 Å². The van der Waals surface area contributed by atoms with Crippen molar-refractivity contribution in [2.75, 3.05) is 33.3 Å². The van der Waals surface area contributed by atoms with Gasteiger partial charge in [-0.05, 0) is 50.5 Å². The first-order valence-electron chi connectivity index (χ1n) is 13.0. The molecule has 1 N–H and O–H groups in total. The van der Waals surface area contributed by atoms with Crippen LogP contribution in [0.5, 0.6) is 5.75 Å². The highest BCUT2D eigenvalue weighted by atomic mass is 19.3. The van der Waals surface area contributed by atoms with Gasteiger partial charge in [0.2, 0.25) is 5.91 Å². The van der Waals surface area contributed by atoms with Crippen molar-refractivity contribution >= 4 is 5.91 Å². The number of alkyl halides is 2. The molecule has 1 amide bonds. The number of hydrogen-bond acceptors (Lipinski definition) is 4. The van der Waals surface area contributed by atoms with Crippen molar-refractivity contribution < 1.29 is 32.9 Å². The Bertz CT molecular complexity index is 1140. The zero-order valence-corrected chi connectivity index (χ0v) is 21.9. The predicted molar refractivity (Wildman–Crippen MR) is 137 cm³/mol. The van der Waals surface area contributed by atoms with E-state index in [0.29, 0.717) is 38.0 Å². The molecule has 10 heteroatoms. The van der Waals surface area contributed by atoms with Crippen molar-refractivity contribution in [3.63, 3.8) is 0 Å². The molecule has 38 heavy (non-hydrogen) atoms. The minimum atomic E-state index is -3.08. The van der Waals surface area contributed by atoms with Gasteiger partial charge >= 0.3 is 0 Å². The Morgan fingerprint density at radius 2 is 1.76 bits per heavy atom. The first-order valence-corrected chi connectivity index (χ1v) is 13.0. The van der Waals surface area contributed by atoms with E-state index < -0.39 is 41.4 Å². The van der Waals surface area contributed by atoms with Gasteiger partial charge in [-0.2, -0.15) is 0 Å². The zero-order valence-electron chi connectivity index (χ0n) is 21.9. The Balaban J connectivity index is 0.00000420. The molecule has 1 aliphatic carbocycles. The third-order valence-corrected chi connectivity index (χ3v) is 7.61. The standard InChI is InChI=1S/C28H34F5N3O2.H2/c1-17(2)35-9-11-36(12-10-35)23-5-4-8-28(32,33)27(23)34-24(37)15-18-6-7-22(31)25(26(18)38-3)19-13-20(29)16-21(30)14-19;/h6-7,13-14,16-17,23,27H,4-5,8-12,15H2,1-3H3,(H,34,37);1H/t23-,27+;/m0./s1. The molecule has 0 unspecified atom stereocenters. The van der Waals surface area contributed by atoms with E-state index in [1.165, 1.54) is 13.2 Å². The highest BCUT2D eigenvalue weighted by Crippen LogP contribution is 2.38. The van der Waals surface area contributed by atoms with E-state index in [9.17, 15) is 18.0 Å². The van der Waals surface area contributed by atoms with Gasteiger partial charge in [0.15, 0.2) is 0 Å². The summed E-state index contributed by atoms with van der Waals surface area (Å²) in [5.74, 6) is -6.42. The topological polar surface area (TPSA) is 44.8 Å². The molecule has 1 saturated carbocycles. The lowest BCUT2D eigenvalue weighted by Gasteiger charge is -2.47. The molecular formula is C28H36F5N3O2. The lowest BCUT2D eigenvalue weighted by molar-refractivity contribution is -0.133. The van der Waals surface area contributed by atoms with Crippen LogP contribution in [0, 0.1) is 17.5 Å². The second kappa shape index (κ2) is 11.6. The van der Waals surface area contributed by atoms with E-state index >= 15 is 8.78 Å². The van der Waals surface area contributed by atoms with Crippen molar-refractivity contribution in [2.24, 2.45) is 0 Å². The number of carbonyl (C=O) groups is 1. The fourth-order valence-corrected chi connectivity index (χ4v) is 5.67. The number of nitrogens with zero attached hydrogens (tertiary/aromatic N) is 2. The fourth-order valence-electron chi connectivity index (χ4n) is 5.67. The molecule has 2 fully saturated rings. The number of ether oxygens (including phenoxy) is 1. The van der Waals surface area contributed by atoms with E-state index in [-0.39, 0.29) is 36.7 Å². The predicted octanol–water partition coefficient (Wildman–Crippen LogP) is 5.27. The van der Waals surface area contributed by atoms with Gasteiger partial charge in [0.1, 0.15) is 29.2 Å². The van der Waals surface area contributed by atoms with Crippen LogP contribution in [0.25, 0.3) is 11.1 Å². The average molecular weight is 542 g/mol. The van der Waals surface area contributed by atoms with Gasteiger partial charge in [-0.15, -0.1) is 0 Å². The van der Waals surface area contributed by atoms with E-state index in [4.69, 9.17) is 4.74 Å². The molecule has 1 saturated heterocycles. The summed E-state index contributed by atoms with van der Waals surface area (Å²) in [6.45, 7) is 7.04. The van der Waals surface area contributed by atoms with Gasteiger partial charge in [0.05, 0.1) is 19.1 Å². The summed E-state index contributed by atoms with van der Waals surface area (Å²) >= 11 is 0. The summed E-state index contributed by atoms with van der Waals surface area (Å²) in [6.07, 6.45) is 0.245. The number of hydrogen-bond donors (Lipinski definition) is 1. The summed E-state index contributed by atoms with van der Waals surface area (Å²) in [4.78, 5) is 17.5. The van der Waals surface area contributed by atoms with Crippen molar-refractivity contribution in [3.8, 4) is 16.9 Å². The molecule has 1 aliphatic heterocycles. The van der Waals surface area contributed by atoms with Gasteiger partial charge in [-0.25, -0.2) is 22.0 Å². The second-order valence-corrected chi connectivity index (χ2v) is 10.4. The minimum absolute atomic E-state index is 0. The Kier molecular flexibility index (Phi) is 8.62. The maximum Gasteiger partial charge on any atom is 0.269 e. The molecule has 210 valence electrons. The number of benzene rings is 2. The van der Waals surface area contributed by atoms with Crippen LogP contribution >= 0.6 is 0 Å². The molecule has 1 heterocycles. The average Bonchev–Trinajstić information content (AvgIpc) is 2.85. The van der Waals surface area contributed by atoms with Crippen molar-refractivity contribution in [2.45, 2.75) is 63.6 Å². The molecule has 2 atom stereocenters. The quantitative estimate of drug-likeness (QED) is 0.486. The molecule has 2 aliphatic rings. The van der Waals surface area contributed by atoms with Crippen LogP contribution in [0.15, 0.2) is 30.3 Å². The fraction of sp³-hybridized carbons (Fsp3) is 0.536. The Morgan fingerprint density at radius 1 is 1.11 bits per heavy atom. The molecule has 2 aromatic carbocycles. The summed E-state index contributed by atoms with van der Waals surface area (Å²) in [5.41, 5.74) is -0.0917. The monoisotopic (exact) mass is 541 g/mol. The molecule has 5 nitrogen and oxygen atoms in total. The number of methoxy groups -OCH3 is 1. The van der Waals surface area contributed by atoms with Gasteiger partial charge < -0.3 is 10.1 Å². The molecule has 2 aromatic rings. The number of carbonyl (C=O) groups excluding carboxylic acids is 1. The molecule has 4 rings (SSSR count). The summed E-state index contributed by atoms with van der Waals surface area (Å²) < 4.78 is 78.1. The highest BCUT2D eigenvalue weighted by Gasteiger charge is 2.49. The van der Waals surface area contributed by atoms with Gasteiger partial charge in [0.25, 0.3) is 5.92 Å². The molecular weight excluding hydrogens is 505 g/mol. The third-order valence-electron chi connectivity index (χ3n) is 7.61. The third kappa shape index (κ3) is 6.12. The summed E-state index contributed by atoms with van der Waals surface area (Å²) in [5, 5.41) is 2.57. The van der Waals surface area contributed by atoms with E-state index in [1.807, 2.05) is 4.90 Å². The molecule has 0 aromatic heterocycles. The van der Waals surface area contributed by atoms with Crippen molar-refractivity contribution in [1.29, 1.82) is 0 Å². The number of nitrogens with one attached hydrogen (secondary N) is 1. The number of amides is 1. The highest BCUT2D eigenvalue weighted by molar-refractivity contribution is 5.82. The molecule has 0 spiro atoms. The minimum Gasteiger partial charge on any atom is -0.496 e. The number of halogens is 5. The smallest absolute Gasteiger partial charge is 0.269 e. The molecule has 0 bridgehead atoms. The van der Waals surface area contributed by atoms with Crippen molar-refractivity contribution in [1.82, 2.24) is 15.1 Å². The Morgan fingerprint density at radius 3 is 2.37 bits per heavy atom. The summed E-state index contributed by atoms with van der Waals surface area (Å²) in [6, 6.07) is 3.47. The number of rotatable bonds is 7. The van der Waals surface area contributed by atoms with Gasteiger partial charge in [-0.1, -0.05) is 6.07 Å². The lowest BCUT2D eigenvalue weighted by atomic mass is 9.85.